The highest BCUT2D eigenvalue weighted by atomic mass is 19.4. The molecular weight excluding hydrogens is 263 g/mol. The molecule has 1 heterocycles. The van der Waals surface area contributed by atoms with E-state index >= 15 is 0 Å². The molecule has 1 fully saturated rings. The zero-order valence-corrected chi connectivity index (χ0v) is 11.0. The third-order valence-corrected chi connectivity index (χ3v) is 3.32. The van der Waals surface area contributed by atoms with Gasteiger partial charge < -0.3 is 9.84 Å². The van der Waals surface area contributed by atoms with E-state index in [0.717, 1.165) is 12.8 Å². The van der Waals surface area contributed by atoms with Gasteiger partial charge in [-0.2, -0.15) is 13.2 Å². The molecule has 0 spiro atoms. The van der Waals surface area contributed by atoms with Gasteiger partial charge in [-0.05, 0) is 19.3 Å². The zero-order valence-electron chi connectivity index (χ0n) is 11.0. The summed E-state index contributed by atoms with van der Waals surface area (Å²) in [5.74, 6) is -0.425. The molecule has 0 aromatic heterocycles. The van der Waals surface area contributed by atoms with Crippen molar-refractivity contribution in [2.75, 3.05) is 26.2 Å². The van der Waals surface area contributed by atoms with Crippen LogP contribution >= 0.6 is 0 Å². The second-order valence-corrected chi connectivity index (χ2v) is 4.88. The van der Waals surface area contributed by atoms with Crippen LogP contribution in [0.25, 0.3) is 0 Å². The minimum atomic E-state index is -4.61. The molecule has 0 aromatic rings. The number of rotatable bonds is 5. The quantitative estimate of drug-likeness (QED) is 0.616. The number of piperidine rings is 1. The Kier molecular flexibility index (Phi) is 5.61. The molecular formula is C12H20F3NO3. The highest BCUT2D eigenvalue weighted by Crippen LogP contribution is 2.38. The van der Waals surface area contributed by atoms with Crippen molar-refractivity contribution in [3.63, 3.8) is 0 Å². The van der Waals surface area contributed by atoms with Crippen LogP contribution in [-0.4, -0.2) is 54.0 Å². The number of hydrogen-bond donors (Lipinski definition) is 1. The molecule has 19 heavy (non-hydrogen) atoms. The van der Waals surface area contributed by atoms with E-state index in [0.29, 0.717) is 6.61 Å². The number of carbonyl (C=O) groups is 1. The van der Waals surface area contributed by atoms with Crippen LogP contribution in [-0.2, 0) is 9.53 Å². The second kappa shape index (κ2) is 6.56. The summed E-state index contributed by atoms with van der Waals surface area (Å²) < 4.78 is 42.6. The average molecular weight is 283 g/mol. The number of nitrogens with zero attached hydrogens (tertiary/aromatic N) is 1. The van der Waals surface area contributed by atoms with Gasteiger partial charge >= 0.3 is 12.1 Å². The summed E-state index contributed by atoms with van der Waals surface area (Å²) in [5, 5.41) is 9.47. The van der Waals surface area contributed by atoms with E-state index in [2.05, 4.69) is 0 Å². The van der Waals surface area contributed by atoms with Gasteiger partial charge in [0.05, 0.1) is 13.2 Å². The molecule has 1 saturated heterocycles. The van der Waals surface area contributed by atoms with Gasteiger partial charge in [-0.1, -0.05) is 13.3 Å². The standard InChI is InChI=1S/C12H20F3NO3/c1-2-3-8-19-10(17)9-16-6-4-11(18,5-7-16)12(13,14)15/h18H,2-9H2,1H3. The van der Waals surface area contributed by atoms with Crippen molar-refractivity contribution in [3.8, 4) is 0 Å². The second-order valence-electron chi connectivity index (χ2n) is 4.88. The van der Waals surface area contributed by atoms with Crippen LogP contribution in [0.3, 0.4) is 0 Å². The van der Waals surface area contributed by atoms with Gasteiger partial charge in [0.2, 0.25) is 0 Å². The van der Waals surface area contributed by atoms with Crippen LogP contribution < -0.4 is 0 Å². The molecule has 1 aliphatic rings. The number of esters is 1. The molecule has 0 atom stereocenters. The van der Waals surface area contributed by atoms with Crippen molar-refractivity contribution >= 4 is 5.97 Å². The number of alkyl halides is 3. The van der Waals surface area contributed by atoms with Crippen LogP contribution in [0.5, 0.6) is 0 Å². The van der Waals surface area contributed by atoms with Gasteiger partial charge in [0, 0.05) is 13.1 Å². The monoisotopic (exact) mass is 283 g/mol. The molecule has 112 valence electrons. The fraction of sp³-hybridized carbons (Fsp3) is 0.917. The molecule has 1 aliphatic heterocycles. The number of carbonyl (C=O) groups excluding carboxylic acids is 1. The summed E-state index contributed by atoms with van der Waals surface area (Å²) in [6.45, 7) is 2.38. The fourth-order valence-corrected chi connectivity index (χ4v) is 1.92. The molecule has 0 radical (unpaired) electrons. The first-order chi connectivity index (χ1) is 8.78. The number of likely N-dealkylation sites (tertiary alicyclic amines) is 1. The van der Waals surface area contributed by atoms with Gasteiger partial charge in [-0.3, -0.25) is 9.69 Å². The molecule has 1 rings (SSSR count). The molecule has 4 nitrogen and oxygen atoms in total. The molecule has 7 heteroatoms. The molecule has 0 aromatic carbocycles. The fourth-order valence-electron chi connectivity index (χ4n) is 1.92. The zero-order chi connectivity index (χ0) is 14.5. The normalized spacial score (nSPS) is 20.3. The van der Waals surface area contributed by atoms with Gasteiger partial charge in [0.15, 0.2) is 5.60 Å². The van der Waals surface area contributed by atoms with E-state index < -0.39 is 30.6 Å². The summed E-state index contributed by atoms with van der Waals surface area (Å²) in [6, 6.07) is 0. The number of aliphatic hydroxyl groups is 1. The number of halogens is 3. The highest BCUT2D eigenvalue weighted by Gasteiger charge is 2.54. The van der Waals surface area contributed by atoms with Crippen molar-refractivity contribution in [1.29, 1.82) is 0 Å². The topological polar surface area (TPSA) is 49.8 Å². The highest BCUT2D eigenvalue weighted by molar-refractivity contribution is 5.71. The van der Waals surface area contributed by atoms with Crippen LogP contribution in [0, 0.1) is 0 Å². The third kappa shape index (κ3) is 4.65. The minimum absolute atomic E-state index is 0.0162. The Balaban J connectivity index is 2.32. The summed E-state index contributed by atoms with van der Waals surface area (Å²) >= 11 is 0. The van der Waals surface area contributed by atoms with Crippen molar-refractivity contribution in [2.45, 2.75) is 44.4 Å². The maximum absolute atomic E-state index is 12.6. The summed E-state index contributed by atoms with van der Waals surface area (Å²) in [7, 11) is 0. The van der Waals surface area contributed by atoms with Crippen molar-refractivity contribution in [2.24, 2.45) is 0 Å². The van der Waals surface area contributed by atoms with Gasteiger partial charge in [-0.15, -0.1) is 0 Å². The van der Waals surface area contributed by atoms with Gasteiger partial charge in [-0.25, -0.2) is 0 Å². The van der Waals surface area contributed by atoms with E-state index in [4.69, 9.17) is 4.74 Å². The predicted molar refractivity (Wildman–Crippen MR) is 62.5 cm³/mol. The Morgan fingerprint density at radius 1 is 1.37 bits per heavy atom. The maximum Gasteiger partial charge on any atom is 0.417 e. The third-order valence-electron chi connectivity index (χ3n) is 3.32. The summed E-state index contributed by atoms with van der Waals surface area (Å²) in [4.78, 5) is 13.0. The number of hydrogen-bond acceptors (Lipinski definition) is 4. The SMILES string of the molecule is CCCCOC(=O)CN1CCC(O)(C(F)(F)F)CC1. The number of unbranched alkanes of at least 4 members (excludes halogenated alkanes) is 1. The largest absolute Gasteiger partial charge is 0.465 e. The first-order valence-electron chi connectivity index (χ1n) is 6.45. The Bertz CT molecular complexity index is 299. The molecule has 0 aliphatic carbocycles. The lowest BCUT2D eigenvalue weighted by Crippen LogP contribution is -2.54. The Labute approximate surface area is 110 Å². The van der Waals surface area contributed by atoms with E-state index in [1.54, 1.807) is 4.90 Å². The predicted octanol–water partition coefficient (Wildman–Crippen LogP) is 1.72. The van der Waals surface area contributed by atoms with Crippen LogP contribution in [0.15, 0.2) is 0 Å². The first kappa shape index (κ1) is 16.2. The minimum Gasteiger partial charge on any atom is -0.465 e. The van der Waals surface area contributed by atoms with Crippen molar-refractivity contribution < 1.29 is 27.8 Å². The Morgan fingerprint density at radius 3 is 2.42 bits per heavy atom. The Morgan fingerprint density at radius 2 is 1.95 bits per heavy atom. The van der Waals surface area contributed by atoms with Gasteiger partial charge in [0.25, 0.3) is 0 Å². The average Bonchev–Trinajstić information content (AvgIpc) is 2.31. The maximum atomic E-state index is 12.6. The molecule has 1 N–H and O–H groups in total. The summed E-state index contributed by atoms with van der Waals surface area (Å²) in [5.41, 5.74) is -2.62. The molecule has 0 unspecified atom stereocenters. The Hall–Kier alpha value is -0.820. The molecule has 0 bridgehead atoms. The van der Waals surface area contributed by atoms with Crippen molar-refractivity contribution in [1.82, 2.24) is 4.90 Å². The van der Waals surface area contributed by atoms with Crippen LogP contribution in [0.4, 0.5) is 13.2 Å². The van der Waals surface area contributed by atoms with E-state index in [9.17, 15) is 23.1 Å². The lowest BCUT2D eigenvalue weighted by Gasteiger charge is -2.38. The van der Waals surface area contributed by atoms with E-state index in [1.807, 2.05) is 6.92 Å². The van der Waals surface area contributed by atoms with Gasteiger partial charge in [0.1, 0.15) is 0 Å². The first-order valence-corrected chi connectivity index (χ1v) is 6.45. The smallest absolute Gasteiger partial charge is 0.417 e. The summed E-state index contributed by atoms with van der Waals surface area (Å²) in [6.07, 6.45) is -3.73. The van der Waals surface area contributed by atoms with Crippen LogP contribution in [0.2, 0.25) is 0 Å². The molecule has 0 amide bonds. The lowest BCUT2D eigenvalue weighted by atomic mass is 9.91. The molecule has 0 saturated carbocycles. The van der Waals surface area contributed by atoms with Crippen LogP contribution in [0.1, 0.15) is 32.6 Å². The van der Waals surface area contributed by atoms with E-state index in [1.165, 1.54) is 0 Å². The lowest BCUT2D eigenvalue weighted by molar-refractivity contribution is -0.272. The number of ether oxygens (including phenoxy) is 1. The van der Waals surface area contributed by atoms with Crippen molar-refractivity contribution in [3.05, 3.63) is 0 Å². The van der Waals surface area contributed by atoms with E-state index in [-0.39, 0.29) is 19.6 Å².